The van der Waals surface area contributed by atoms with Crippen LogP contribution in [0.25, 0.3) is 0 Å². The zero-order valence-corrected chi connectivity index (χ0v) is 22.8. The first-order chi connectivity index (χ1) is 19.0. The van der Waals surface area contributed by atoms with Gasteiger partial charge in [0.25, 0.3) is 0 Å². The van der Waals surface area contributed by atoms with Gasteiger partial charge < -0.3 is 35.8 Å². The molecule has 0 aliphatic carbocycles. The van der Waals surface area contributed by atoms with Crippen LogP contribution in [0, 0.1) is 17.8 Å². The topological polar surface area (TPSA) is 138 Å². The van der Waals surface area contributed by atoms with Crippen LogP contribution in [0.1, 0.15) is 69.4 Å². The van der Waals surface area contributed by atoms with Gasteiger partial charge in [0.2, 0.25) is 11.8 Å². The standard InChI is InChI=1S/C29H44N4O6/c34-26(35)11-16-32-29(37)27(23-5-6-24-25(19-23)39-18-17-38-24)33-28(36)22(3-1-20-7-12-30-13-8-20)4-2-21-9-14-31-15-10-21/h5-6,19-22,27,30-31H,1-4,7-18H2,(H,32,37)(H,33,36)(H,34,35). The van der Waals surface area contributed by atoms with Gasteiger partial charge in [-0.15, -0.1) is 0 Å². The third-order valence-corrected chi connectivity index (χ3v) is 8.22. The van der Waals surface area contributed by atoms with Gasteiger partial charge in [0.15, 0.2) is 11.5 Å². The van der Waals surface area contributed by atoms with Crippen LogP contribution in [0.3, 0.4) is 0 Å². The minimum atomic E-state index is -0.994. The second-order valence-electron chi connectivity index (χ2n) is 11.0. The Bertz CT molecular complexity index is 939. The van der Waals surface area contributed by atoms with Gasteiger partial charge in [-0.3, -0.25) is 14.4 Å². The van der Waals surface area contributed by atoms with Crippen LogP contribution in [-0.2, 0) is 14.4 Å². The lowest BCUT2D eigenvalue weighted by Crippen LogP contribution is -2.43. The summed E-state index contributed by atoms with van der Waals surface area (Å²) < 4.78 is 11.3. The molecule has 10 heteroatoms. The van der Waals surface area contributed by atoms with Crippen molar-refractivity contribution in [2.24, 2.45) is 17.8 Å². The fourth-order valence-electron chi connectivity index (χ4n) is 5.82. The van der Waals surface area contributed by atoms with Crippen molar-refractivity contribution in [2.75, 3.05) is 45.9 Å². The van der Waals surface area contributed by atoms with E-state index in [9.17, 15) is 14.4 Å². The molecule has 3 aliphatic rings. The molecule has 3 heterocycles. The number of carbonyl (C=O) groups excluding carboxylic acids is 2. The maximum atomic E-state index is 13.8. The number of rotatable bonds is 13. The first-order valence-electron chi connectivity index (χ1n) is 14.6. The van der Waals surface area contributed by atoms with E-state index >= 15 is 0 Å². The number of carboxylic acids is 1. The third-order valence-electron chi connectivity index (χ3n) is 8.22. The molecular formula is C29H44N4O6. The predicted octanol–water partition coefficient (Wildman–Crippen LogP) is 2.38. The fraction of sp³-hybridized carbons (Fsp3) is 0.690. The molecule has 0 spiro atoms. The van der Waals surface area contributed by atoms with Crippen molar-refractivity contribution in [1.29, 1.82) is 0 Å². The van der Waals surface area contributed by atoms with Crippen molar-refractivity contribution in [2.45, 2.75) is 63.8 Å². The SMILES string of the molecule is O=C(O)CCNC(=O)C(NC(=O)C(CCC1CCNCC1)CCC1CCNCC1)c1ccc2c(c1)OCCO2. The summed E-state index contributed by atoms with van der Waals surface area (Å²) in [6.07, 6.45) is 7.96. The Morgan fingerprint density at radius 3 is 2.05 bits per heavy atom. The largest absolute Gasteiger partial charge is 0.486 e. The van der Waals surface area contributed by atoms with Gasteiger partial charge in [-0.05, 0) is 107 Å². The molecule has 2 fully saturated rings. The van der Waals surface area contributed by atoms with E-state index in [4.69, 9.17) is 14.6 Å². The number of piperidine rings is 2. The maximum absolute atomic E-state index is 13.8. The number of carbonyl (C=O) groups is 3. The molecule has 2 amide bonds. The van der Waals surface area contributed by atoms with Gasteiger partial charge in [0.1, 0.15) is 19.3 Å². The number of fused-ring (bicyclic) bond motifs is 1. The molecule has 0 saturated carbocycles. The summed E-state index contributed by atoms with van der Waals surface area (Å²) in [6.45, 7) is 4.96. The minimum absolute atomic E-state index is 0.0139. The summed E-state index contributed by atoms with van der Waals surface area (Å²) in [6, 6.07) is 4.28. The van der Waals surface area contributed by atoms with E-state index in [1.165, 1.54) is 0 Å². The number of hydrogen-bond acceptors (Lipinski definition) is 7. The number of nitrogens with one attached hydrogen (secondary N) is 4. The second-order valence-corrected chi connectivity index (χ2v) is 11.0. The summed E-state index contributed by atoms with van der Waals surface area (Å²) in [5, 5.41) is 21.5. The van der Waals surface area contributed by atoms with Crippen LogP contribution < -0.4 is 30.7 Å². The summed E-state index contributed by atoms with van der Waals surface area (Å²) in [5.74, 6) is 0.643. The highest BCUT2D eigenvalue weighted by Gasteiger charge is 2.29. The first kappa shape index (κ1) is 29.1. The normalized spacial score (nSPS) is 18.9. The van der Waals surface area contributed by atoms with Crippen molar-refractivity contribution in [3.63, 3.8) is 0 Å². The number of aliphatic carboxylic acids is 1. The number of ether oxygens (including phenoxy) is 2. The highest BCUT2D eigenvalue weighted by atomic mass is 16.6. The van der Waals surface area contributed by atoms with Crippen LogP contribution >= 0.6 is 0 Å². The zero-order chi connectivity index (χ0) is 27.5. The lowest BCUT2D eigenvalue weighted by molar-refractivity contribution is -0.137. The molecular weight excluding hydrogens is 500 g/mol. The molecule has 5 N–H and O–H groups in total. The van der Waals surface area contributed by atoms with Crippen molar-refractivity contribution in [3.05, 3.63) is 23.8 Å². The molecule has 2 saturated heterocycles. The summed E-state index contributed by atoms with van der Waals surface area (Å²) in [5.41, 5.74) is 0.580. The number of hydrogen-bond donors (Lipinski definition) is 5. The molecule has 39 heavy (non-hydrogen) atoms. The Balaban J connectivity index is 1.47. The number of amides is 2. The molecule has 0 radical (unpaired) electrons. The summed E-state index contributed by atoms with van der Waals surface area (Å²) >= 11 is 0. The molecule has 216 valence electrons. The quantitative estimate of drug-likeness (QED) is 0.255. The number of benzene rings is 1. The molecule has 10 nitrogen and oxygen atoms in total. The maximum Gasteiger partial charge on any atom is 0.305 e. The molecule has 3 aliphatic heterocycles. The molecule has 1 unspecified atom stereocenters. The van der Waals surface area contributed by atoms with E-state index < -0.39 is 17.9 Å². The van der Waals surface area contributed by atoms with Gasteiger partial charge in [0, 0.05) is 12.5 Å². The number of carboxylic acid groups (broad SMARTS) is 1. The zero-order valence-electron chi connectivity index (χ0n) is 22.8. The molecule has 0 aromatic heterocycles. The van der Waals surface area contributed by atoms with Gasteiger partial charge in [0.05, 0.1) is 6.42 Å². The predicted molar refractivity (Wildman–Crippen MR) is 147 cm³/mol. The first-order valence-corrected chi connectivity index (χ1v) is 14.6. The van der Waals surface area contributed by atoms with E-state index in [-0.39, 0.29) is 24.8 Å². The van der Waals surface area contributed by atoms with Gasteiger partial charge in [-0.25, -0.2) is 0 Å². The van der Waals surface area contributed by atoms with Gasteiger partial charge in [-0.2, -0.15) is 0 Å². The van der Waals surface area contributed by atoms with E-state index in [1.807, 2.05) is 0 Å². The summed E-state index contributed by atoms with van der Waals surface area (Å²) in [7, 11) is 0. The fourth-order valence-corrected chi connectivity index (χ4v) is 5.82. The Morgan fingerprint density at radius 1 is 0.872 bits per heavy atom. The van der Waals surface area contributed by atoms with Crippen LogP contribution in [0.5, 0.6) is 11.5 Å². The molecule has 1 aromatic carbocycles. The summed E-state index contributed by atoms with van der Waals surface area (Å²) in [4.78, 5) is 38.0. The minimum Gasteiger partial charge on any atom is -0.486 e. The average Bonchev–Trinajstić information content (AvgIpc) is 2.96. The van der Waals surface area contributed by atoms with Crippen molar-refractivity contribution in [3.8, 4) is 11.5 Å². The molecule has 1 aromatic rings. The van der Waals surface area contributed by atoms with Crippen molar-refractivity contribution >= 4 is 17.8 Å². The van der Waals surface area contributed by atoms with Gasteiger partial charge in [-0.1, -0.05) is 6.07 Å². The van der Waals surface area contributed by atoms with E-state index in [0.29, 0.717) is 42.1 Å². The lowest BCUT2D eigenvalue weighted by Gasteiger charge is -2.28. The highest BCUT2D eigenvalue weighted by molar-refractivity contribution is 5.89. The van der Waals surface area contributed by atoms with Crippen LogP contribution in [0.4, 0.5) is 0 Å². The van der Waals surface area contributed by atoms with Crippen LogP contribution in [0.15, 0.2) is 18.2 Å². The Kier molecular flexibility index (Phi) is 11.3. The molecule has 4 rings (SSSR count). The van der Waals surface area contributed by atoms with Crippen LogP contribution in [-0.4, -0.2) is 68.8 Å². The van der Waals surface area contributed by atoms with E-state index in [1.54, 1.807) is 18.2 Å². The Morgan fingerprint density at radius 2 is 1.46 bits per heavy atom. The lowest BCUT2D eigenvalue weighted by atomic mass is 9.84. The van der Waals surface area contributed by atoms with Crippen molar-refractivity contribution < 1.29 is 29.0 Å². The molecule has 0 bridgehead atoms. The third kappa shape index (κ3) is 9.10. The van der Waals surface area contributed by atoms with E-state index in [0.717, 1.165) is 77.5 Å². The van der Waals surface area contributed by atoms with Crippen molar-refractivity contribution in [1.82, 2.24) is 21.3 Å². The molecule has 1 atom stereocenters. The smallest absolute Gasteiger partial charge is 0.305 e. The Hall–Kier alpha value is -2.85. The van der Waals surface area contributed by atoms with Crippen LogP contribution in [0.2, 0.25) is 0 Å². The van der Waals surface area contributed by atoms with E-state index in [2.05, 4.69) is 21.3 Å². The monoisotopic (exact) mass is 544 g/mol. The average molecular weight is 545 g/mol. The highest BCUT2D eigenvalue weighted by Crippen LogP contribution is 2.33. The Labute approximate surface area is 231 Å². The second kappa shape index (κ2) is 15.1. The van der Waals surface area contributed by atoms with Gasteiger partial charge >= 0.3 is 5.97 Å².